The number of aromatic nitrogens is 2. The molecule has 144 valence electrons. The quantitative estimate of drug-likeness (QED) is 0.447. The van der Waals surface area contributed by atoms with Crippen LogP contribution in [0, 0.1) is 0 Å². The van der Waals surface area contributed by atoms with Gasteiger partial charge in [-0.2, -0.15) is 0 Å². The van der Waals surface area contributed by atoms with Gasteiger partial charge in [0.1, 0.15) is 0 Å². The summed E-state index contributed by atoms with van der Waals surface area (Å²) in [5, 5.41) is 8.05. The van der Waals surface area contributed by atoms with Crippen molar-refractivity contribution in [3.8, 4) is 0 Å². The van der Waals surface area contributed by atoms with E-state index in [0.29, 0.717) is 17.4 Å². The number of nitrogens with zero attached hydrogens (tertiary/aromatic N) is 2. The normalized spacial score (nSPS) is 11.5. The van der Waals surface area contributed by atoms with Crippen LogP contribution < -0.4 is 10.6 Å². The largest absolute Gasteiger partial charge is 0.448 e. The minimum Gasteiger partial charge on any atom is -0.448 e. The van der Waals surface area contributed by atoms with Gasteiger partial charge in [-0.3, -0.25) is 4.79 Å². The van der Waals surface area contributed by atoms with Crippen molar-refractivity contribution in [2.24, 2.45) is 0 Å². The van der Waals surface area contributed by atoms with E-state index in [2.05, 4.69) is 20.6 Å². The predicted octanol–water partition coefficient (Wildman–Crippen LogP) is 3.99. The van der Waals surface area contributed by atoms with Gasteiger partial charge in [0.05, 0.1) is 5.69 Å². The molecule has 2 aromatic heterocycles. The van der Waals surface area contributed by atoms with Gasteiger partial charge in [-0.05, 0) is 24.6 Å². The van der Waals surface area contributed by atoms with Crippen LogP contribution in [0.4, 0.5) is 10.8 Å². The fraction of sp³-hybridized carbons (Fsp3) is 0.158. The number of esters is 1. The number of hydrogen-bond donors (Lipinski definition) is 2. The van der Waals surface area contributed by atoms with E-state index in [4.69, 9.17) is 16.3 Å². The molecule has 0 spiro atoms. The van der Waals surface area contributed by atoms with Gasteiger partial charge in [-0.1, -0.05) is 41.9 Å². The second-order valence-electron chi connectivity index (χ2n) is 5.76. The van der Waals surface area contributed by atoms with Gasteiger partial charge in [-0.15, -0.1) is 11.3 Å². The average molecular weight is 417 g/mol. The predicted molar refractivity (Wildman–Crippen MR) is 109 cm³/mol. The third-order valence-corrected chi connectivity index (χ3v) is 4.77. The topological polar surface area (TPSA) is 93.2 Å². The summed E-state index contributed by atoms with van der Waals surface area (Å²) in [4.78, 5) is 32.5. The van der Waals surface area contributed by atoms with Crippen LogP contribution in [0.2, 0.25) is 5.15 Å². The maximum absolute atomic E-state index is 12.2. The Morgan fingerprint density at radius 1 is 1.21 bits per heavy atom. The molecule has 28 heavy (non-hydrogen) atoms. The van der Waals surface area contributed by atoms with Gasteiger partial charge in [0, 0.05) is 18.1 Å². The Morgan fingerprint density at radius 2 is 2.00 bits per heavy atom. The number of thiazole rings is 1. The van der Waals surface area contributed by atoms with Gasteiger partial charge < -0.3 is 15.4 Å². The summed E-state index contributed by atoms with van der Waals surface area (Å²) in [5.74, 6) is -1.19. The Kier molecular flexibility index (Phi) is 6.57. The molecule has 3 aromatic rings. The number of benzene rings is 1. The molecular weight excluding hydrogens is 400 g/mol. The highest BCUT2D eigenvalue weighted by Crippen LogP contribution is 2.19. The summed E-state index contributed by atoms with van der Waals surface area (Å²) >= 11 is 7.19. The molecule has 2 N–H and O–H groups in total. The van der Waals surface area contributed by atoms with Crippen molar-refractivity contribution >= 4 is 45.6 Å². The first kappa shape index (κ1) is 19.8. The number of carbonyl (C=O) groups is 2. The van der Waals surface area contributed by atoms with Crippen molar-refractivity contribution in [3.63, 3.8) is 0 Å². The summed E-state index contributed by atoms with van der Waals surface area (Å²) in [6.07, 6.45) is 0.485. The molecule has 0 aliphatic heterocycles. The van der Waals surface area contributed by atoms with Crippen LogP contribution in [0.25, 0.3) is 0 Å². The molecule has 0 aliphatic carbocycles. The van der Waals surface area contributed by atoms with Crippen LogP contribution in [0.15, 0.2) is 54.0 Å². The van der Waals surface area contributed by atoms with Crippen molar-refractivity contribution in [1.29, 1.82) is 0 Å². The fourth-order valence-electron chi connectivity index (χ4n) is 2.21. The lowest BCUT2D eigenvalue weighted by Crippen LogP contribution is -2.30. The number of amides is 1. The van der Waals surface area contributed by atoms with Gasteiger partial charge in [0.2, 0.25) is 0 Å². The second kappa shape index (κ2) is 9.29. The highest BCUT2D eigenvalue weighted by Gasteiger charge is 2.21. The molecule has 3 rings (SSSR count). The molecular formula is C19H17ClN4O3S. The fourth-order valence-corrected chi connectivity index (χ4v) is 3.06. The Labute approximate surface area is 170 Å². The van der Waals surface area contributed by atoms with Gasteiger partial charge in [-0.25, -0.2) is 14.8 Å². The monoisotopic (exact) mass is 416 g/mol. The zero-order chi connectivity index (χ0) is 19.9. The van der Waals surface area contributed by atoms with Crippen LogP contribution in [-0.2, 0) is 16.1 Å². The van der Waals surface area contributed by atoms with Crippen molar-refractivity contribution in [3.05, 3.63) is 70.5 Å². The minimum atomic E-state index is -1.02. The third-order valence-electron chi connectivity index (χ3n) is 3.67. The zero-order valence-corrected chi connectivity index (χ0v) is 16.5. The standard InChI is InChI=1S/C19H17ClN4O3S/c1-12(17(25)23-14-8-5-9-21-16(14)20)27-18(26)15-11-28-19(24-15)22-10-13-6-3-2-4-7-13/h2-9,11-12H,10H2,1H3,(H,22,24)(H,23,25)/t12-/m1/s1. The molecule has 0 saturated heterocycles. The SMILES string of the molecule is C[C@@H](OC(=O)c1csc(NCc2ccccc2)n1)C(=O)Nc1cccnc1Cl. The van der Waals surface area contributed by atoms with Crippen molar-refractivity contribution < 1.29 is 14.3 Å². The Balaban J connectivity index is 1.53. The molecule has 0 radical (unpaired) electrons. The average Bonchev–Trinajstić information content (AvgIpc) is 3.18. The highest BCUT2D eigenvalue weighted by molar-refractivity contribution is 7.13. The Hall–Kier alpha value is -2.97. The van der Waals surface area contributed by atoms with Crippen LogP contribution >= 0.6 is 22.9 Å². The Morgan fingerprint density at radius 3 is 2.75 bits per heavy atom. The number of halogens is 1. The van der Waals surface area contributed by atoms with Crippen molar-refractivity contribution in [1.82, 2.24) is 9.97 Å². The zero-order valence-electron chi connectivity index (χ0n) is 14.9. The summed E-state index contributed by atoms with van der Waals surface area (Å²) in [6, 6.07) is 13.1. The lowest BCUT2D eigenvalue weighted by molar-refractivity contribution is -0.123. The molecule has 0 unspecified atom stereocenters. The van der Waals surface area contributed by atoms with Crippen molar-refractivity contribution in [2.75, 3.05) is 10.6 Å². The number of pyridine rings is 1. The number of anilines is 2. The lowest BCUT2D eigenvalue weighted by atomic mass is 10.2. The molecule has 1 amide bonds. The first-order valence-corrected chi connectivity index (χ1v) is 9.64. The van der Waals surface area contributed by atoms with E-state index in [0.717, 1.165) is 5.56 Å². The van der Waals surface area contributed by atoms with E-state index < -0.39 is 18.0 Å². The summed E-state index contributed by atoms with van der Waals surface area (Å²) in [6.45, 7) is 2.06. The van der Waals surface area contributed by atoms with E-state index in [1.54, 1.807) is 17.5 Å². The number of ether oxygens (including phenoxy) is 1. The van der Waals surface area contributed by atoms with Gasteiger partial charge in [0.25, 0.3) is 5.91 Å². The molecule has 2 heterocycles. The first-order valence-electron chi connectivity index (χ1n) is 8.38. The number of carbonyl (C=O) groups excluding carboxylic acids is 2. The van der Waals surface area contributed by atoms with Crippen LogP contribution in [-0.4, -0.2) is 27.9 Å². The molecule has 1 atom stereocenters. The molecule has 0 bridgehead atoms. The minimum absolute atomic E-state index is 0.139. The van der Waals surface area contributed by atoms with E-state index in [1.807, 2.05) is 30.3 Å². The van der Waals surface area contributed by atoms with Crippen LogP contribution in [0.1, 0.15) is 23.0 Å². The second-order valence-corrected chi connectivity index (χ2v) is 6.97. The summed E-state index contributed by atoms with van der Waals surface area (Å²) < 4.78 is 5.19. The highest BCUT2D eigenvalue weighted by atomic mass is 35.5. The third kappa shape index (κ3) is 5.28. The Bertz CT molecular complexity index is 965. The number of rotatable bonds is 7. The maximum atomic E-state index is 12.2. The van der Waals surface area contributed by atoms with Crippen LogP contribution in [0.3, 0.4) is 0 Å². The summed E-state index contributed by atoms with van der Waals surface area (Å²) in [7, 11) is 0. The summed E-state index contributed by atoms with van der Waals surface area (Å²) in [5.41, 5.74) is 1.58. The molecule has 7 nitrogen and oxygen atoms in total. The van der Waals surface area contributed by atoms with Gasteiger partial charge >= 0.3 is 5.97 Å². The van der Waals surface area contributed by atoms with Crippen LogP contribution in [0.5, 0.6) is 0 Å². The van der Waals surface area contributed by atoms with E-state index >= 15 is 0 Å². The smallest absolute Gasteiger partial charge is 0.358 e. The van der Waals surface area contributed by atoms with Gasteiger partial charge in [0.15, 0.2) is 22.1 Å². The molecule has 0 fully saturated rings. The van der Waals surface area contributed by atoms with E-state index in [9.17, 15) is 9.59 Å². The number of hydrogen-bond acceptors (Lipinski definition) is 7. The number of nitrogens with one attached hydrogen (secondary N) is 2. The maximum Gasteiger partial charge on any atom is 0.358 e. The molecule has 1 aromatic carbocycles. The van der Waals surface area contributed by atoms with Crippen molar-refractivity contribution in [2.45, 2.75) is 19.6 Å². The first-order chi connectivity index (χ1) is 13.5. The van der Waals surface area contributed by atoms with E-state index in [-0.39, 0.29) is 10.8 Å². The molecule has 0 aliphatic rings. The van der Waals surface area contributed by atoms with E-state index in [1.165, 1.54) is 24.5 Å². The molecule has 0 saturated carbocycles. The lowest BCUT2D eigenvalue weighted by Gasteiger charge is -2.13. The molecule has 9 heteroatoms.